The number of nitrogens with zero attached hydrogens (tertiary/aromatic N) is 2. The molecule has 6 heteroatoms. The molecule has 0 aliphatic carbocycles. The van der Waals surface area contributed by atoms with Crippen LogP contribution >= 0.6 is 11.6 Å². The van der Waals surface area contributed by atoms with E-state index in [1.165, 1.54) is 12.3 Å². The summed E-state index contributed by atoms with van der Waals surface area (Å²) in [5, 5.41) is 6.93. The van der Waals surface area contributed by atoms with E-state index < -0.39 is 0 Å². The van der Waals surface area contributed by atoms with Gasteiger partial charge in [0.1, 0.15) is 5.82 Å². The Balaban J connectivity index is 2.19. The highest BCUT2D eigenvalue weighted by Crippen LogP contribution is 2.19. The standard InChI is InChI=1S/C11H12ClN3O2/c1-7(2)15-9(3-5-13-15)14-11(16)8-4-6-17-10(8)12/h3-7H,1-2H3,(H,14,16). The molecule has 2 aromatic rings. The summed E-state index contributed by atoms with van der Waals surface area (Å²) in [6.45, 7) is 3.96. The number of rotatable bonds is 3. The van der Waals surface area contributed by atoms with Crippen LogP contribution in [-0.4, -0.2) is 15.7 Å². The summed E-state index contributed by atoms with van der Waals surface area (Å²) in [5.41, 5.74) is 0.308. The van der Waals surface area contributed by atoms with Crippen molar-refractivity contribution in [2.75, 3.05) is 5.32 Å². The molecular weight excluding hydrogens is 242 g/mol. The van der Waals surface area contributed by atoms with Crippen molar-refractivity contribution in [3.8, 4) is 0 Å². The molecule has 0 aliphatic rings. The van der Waals surface area contributed by atoms with Crippen LogP contribution in [0.4, 0.5) is 5.82 Å². The molecule has 90 valence electrons. The van der Waals surface area contributed by atoms with Gasteiger partial charge in [-0.2, -0.15) is 5.10 Å². The third-order valence-electron chi connectivity index (χ3n) is 2.26. The van der Waals surface area contributed by atoms with Crippen molar-refractivity contribution in [2.45, 2.75) is 19.9 Å². The maximum Gasteiger partial charge on any atom is 0.261 e. The monoisotopic (exact) mass is 253 g/mol. The first-order valence-electron chi connectivity index (χ1n) is 5.17. The minimum atomic E-state index is -0.314. The highest BCUT2D eigenvalue weighted by Gasteiger charge is 2.15. The van der Waals surface area contributed by atoms with Crippen LogP contribution in [0.5, 0.6) is 0 Å². The smallest absolute Gasteiger partial charge is 0.261 e. The number of anilines is 1. The molecule has 1 amide bonds. The molecule has 2 rings (SSSR count). The first-order chi connectivity index (χ1) is 8.09. The van der Waals surface area contributed by atoms with Gasteiger partial charge in [-0.1, -0.05) is 0 Å². The Morgan fingerprint density at radius 2 is 2.29 bits per heavy atom. The number of hydrogen-bond donors (Lipinski definition) is 1. The van der Waals surface area contributed by atoms with E-state index in [-0.39, 0.29) is 17.2 Å². The molecule has 17 heavy (non-hydrogen) atoms. The number of nitrogens with one attached hydrogen (secondary N) is 1. The first kappa shape index (κ1) is 11.7. The SMILES string of the molecule is CC(C)n1nccc1NC(=O)c1ccoc1Cl. The minimum Gasteiger partial charge on any atom is -0.452 e. The number of carbonyl (C=O) groups excluding carboxylic acids is 1. The van der Waals surface area contributed by atoms with Crippen LogP contribution in [0.25, 0.3) is 0 Å². The molecule has 0 spiro atoms. The van der Waals surface area contributed by atoms with Crippen molar-refractivity contribution >= 4 is 23.3 Å². The fraction of sp³-hybridized carbons (Fsp3) is 0.273. The topological polar surface area (TPSA) is 60.1 Å². The van der Waals surface area contributed by atoms with E-state index in [9.17, 15) is 4.79 Å². The van der Waals surface area contributed by atoms with Crippen LogP contribution in [0, 0.1) is 0 Å². The summed E-state index contributed by atoms with van der Waals surface area (Å²) in [6, 6.07) is 3.42. The van der Waals surface area contributed by atoms with Crippen LogP contribution in [-0.2, 0) is 0 Å². The van der Waals surface area contributed by atoms with E-state index in [1.54, 1.807) is 16.9 Å². The fourth-order valence-electron chi connectivity index (χ4n) is 1.46. The lowest BCUT2D eigenvalue weighted by molar-refractivity contribution is 0.102. The zero-order valence-corrected chi connectivity index (χ0v) is 10.2. The Bertz CT molecular complexity index is 530. The quantitative estimate of drug-likeness (QED) is 0.915. The van der Waals surface area contributed by atoms with Gasteiger partial charge in [0.25, 0.3) is 5.91 Å². The number of hydrogen-bond acceptors (Lipinski definition) is 3. The highest BCUT2D eigenvalue weighted by atomic mass is 35.5. The Morgan fingerprint density at radius 1 is 1.53 bits per heavy atom. The van der Waals surface area contributed by atoms with Crippen LogP contribution in [0.15, 0.2) is 29.0 Å². The largest absolute Gasteiger partial charge is 0.452 e. The van der Waals surface area contributed by atoms with Gasteiger partial charge in [0.2, 0.25) is 5.22 Å². The van der Waals surface area contributed by atoms with E-state index in [1.807, 2.05) is 13.8 Å². The third kappa shape index (κ3) is 2.34. The maximum atomic E-state index is 11.9. The molecule has 0 aliphatic heterocycles. The summed E-state index contributed by atoms with van der Waals surface area (Å²) in [4.78, 5) is 11.9. The maximum absolute atomic E-state index is 11.9. The van der Waals surface area contributed by atoms with E-state index in [0.29, 0.717) is 11.4 Å². The van der Waals surface area contributed by atoms with E-state index in [0.717, 1.165) is 0 Å². The molecule has 0 fully saturated rings. The number of carbonyl (C=O) groups is 1. The predicted octanol–water partition coefficient (Wildman–Crippen LogP) is 2.96. The lowest BCUT2D eigenvalue weighted by Crippen LogP contribution is -2.16. The van der Waals surface area contributed by atoms with Crippen LogP contribution in [0.1, 0.15) is 30.2 Å². The Kier molecular flexibility index (Phi) is 3.19. The van der Waals surface area contributed by atoms with Crippen molar-refractivity contribution in [3.63, 3.8) is 0 Å². The van der Waals surface area contributed by atoms with E-state index >= 15 is 0 Å². The molecule has 0 radical (unpaired) electrons. The summed E-state index contributed by atoms with van der Waals surface area (Å²) in [6.07, 6.45) is 3.00. The molecule has 1 N–H and O–H groups in total. The lowest BCUT2D eigenvalue weighted by Gasteiger charge is -2.11. The Morgan fingerprint density at radius 3 is 2.88 bits per heavy atom. The van der Waals surface area contributed by atoms with Crippen LogP contribution in [0.3, 0.4) is 0 Å². The first-order valence-corrected chi connectivity index (χ1v) is 5.55. The van der Waals surface area contributed by atoms with Crippen LogP contribution < -0.4 is 5.32 Å². The summed E-state index contributed by atoms with van der Waals surface area (Å²) in [5.74, 6) is 0.313. The average molecular weight is 254 g/mol. The fourth-order valence-corrected chi connectivity index (χ4v) is 1.66. The van der Waals surface area contributed by atoms with Gasteiger partial charge in [0, 0.05) is 12.1 Å². The number of aromatic nitrogens is 2. The molecule has 5 nitrogen and oxygen atoms in total. The summed E-state index contributed by atoms with van der Waals surface area (Å²) < 4.78 is 6.58. The molecular formula is C11H12ClN3O2. The molecule has 0 saturated carbocycles. The van der Waals surface area contributed by atoms with Crippen molar-refractivity contribution in [1.29, 1.82) is 0 Å². The number of amides is 1. The second-order valence-electron chi connectivity index (χ2n) is 3.82. The molecule has 2 heterocycles. The normalized spacial score (nSPS) is 10.8. The zero-order chi connectivity index (χ0) is 12.4. The van der Waals surface area contributed by atoms with Gasteiger partial charge >= 0.3 is 0 Å². The van der Waals surface area contributed by atoms with Crippen LogP contribution in [0.2, 0.25) is 5.22 Å². The molecule has 0 saturated heterocycles. The third-order valence-corrected chi connectivity index (χ3v) is 2.56. The lowest BCUT2D eigenvalue weighted by atomic mass is 10.3. The van der Waals surface area contributed by atoms with E-state index in [4.69, 9.17) is 16.0 Å². The Hall–Kier alpha value is -1.75. The Labute approximate surface area is 103 Å². The van der Waals surface area contributed by atoms with Gasteiger partial charge in [0.15, 0.2) is 0 Å². The van der Waals surface area contributed by atoms with Gasteiger partial charge in [-0.25, -0.2) is 4.68 Å². The van der Waals surface area contributed by atoms with Crippen molar-refractivity contribution in [3.05, 3.63) is 35.4 Å². The number of furan rings is 1. The van der Waals surface area contributed by atoms with Crippen molar-refractivity contribution in [1.82, 2.24) is 9.78 Å². The van der Waals surface area contributed by atoms with Crippen molar-refractivity contribution in [2.24, 2.45) is 0 Å². The molecule has 0 unspecified atom stereocenters. The summed E-state index contributed by atoms with van der Waals surface area (Å²) >= 11 is 5.73. The minimum absolute atomic E-state index is 0.0816. The number of halogens is 1. The molecule has 0 aromatic carbocycles. The van der Waals surface area contributed by atoms with Gasteiger partial charge in [-0.05, 0) is 31.5 Å². The molecule has 0 atom stereocenters. The van der Waals surface area contributed by atoms with Crippen molar-refractivity contribution < 1.29 is 9.21 Å². The van der Waals surface area contributed by atoms with E-state index in [2.05, 4.69) is 10.4 Å². The molecule has 0 bridgehead atoms. The average Bonchev–Trinajstić information content (AvgIpc) is 2.86. The van der Waals surface area contributed by atoms with Gasteiger partial charge in [0.05, 0.1) is 18.0 Å². The predicted molar refractivity (Wildman–Crippen MR) is 64.3 cm³/mol. The zero-order valence-electron chi connectivity index (χ0n) is 9.48. The summed E-state index contributed by atoms with van der Waals surface area (Å²) in [7, 11) is 0. The van der Waals surface area contributed by atoms with Gasteiger partial charge < -0.3 is 9.73 Å². The second-order valence-corrected chi connectivity index (χ2v) is 4.16. The second kappa shape index (κ2) is 4.63. The van der Waals surface area contributed by atoms with Gasteiger partial charge in [-0.3, -0.25) is 4.79 Å². The molecule has 2 aromatic heterocycles. The van der Waals surface area contributed by atoms with Gasteiger partial charge in [-0.15, -0.1) is 0 Å². The highest BCUT2D eigenvalue weighted by molar-refractivity contribution is 6.32.